The third-order valence-corrected chi connectivity index (χ3v) is 4.23. The Labute approximate surface area is 127 Å². The summed E-state index contributed by atoms with van der Waals surface area (Å²) < 4.78 is 41.0. The first-order chi connectivity index (χ1) is 10.6. The number of hydrogen-bond donors (Lipinski definition) is 1. The van der Waals surface area contributed by atoms with Gasteiger partial charge in [-0.3, -0.25) is 4.21 Å². The lowest BCUT2D eigenvalue weighted by Gasteiger charge is -2.02. The maximum Gasteiger partial charge on any atom is 0.387 e. The molecular weight excluding hydrogens is 310 g/mol. The summed E-state index contributed by atoms with van der Waals surface area (Å²) in [7, 11) is -1.34. The van der Waals surface area contributed by atoms with Gasteiger partial charge in [-0.05, 0) is 17.7 Å². The molecule has 3 aromatic rings. The Morgan fingerprint density at radius 3 is 2.68 bits per heavy atom. The van der Waals surface area contributed by atoms with Gasteiger partial charge in [-0.25, -0.2) is 4.98 Å². The van der Waals surface area contributed by atoms with E-state index >= 15 is 0 Å². The maximum absolute atomic E-state index is 12.3. The molecule has 0 aliphatic heterocycles. The summed E-state index contributed by atoms with van der Waals surface area (Å²) in [6.07, 6.45) is 0. The molecule has 0 bridgehead atoms. The van der Waals surface area contributed by atoms with Crippen LogP contribution in [0.5, 0.6) is 5.75 Å². The van der Waals surface area contributed by atoms with Gasteiger partial charge >= 0.3 is 6.61 Å². The van der Waals surface area contributed by atoms with E-state index < -0.39 is 17.4 Å². The van der Waals surface area contributed by atoms with Gasteiger partial charge < -0.3 is 9.72 Å². The number of halogens is 2. The van der Waals surface area contributed by atoms with E-state index in [0.29, 0.717) is 21.9 Å². The summed E-state index contributed by atoms with van der Waals surface area (Å²) in [5.74, 6) is 0.368. The molecule has 4 nitrogen and oxygen atoms in total. The summed E-state index contributed by atoms with van der Waals surface area (Å²) in [4.78, 5) is 7.12. The number of nitrogens with one attached hydrogen (secondary N) is 1. The molecule has 0 spiro atoms. The molecule has 0 amide bonds. The lowest BCUT2D eigenvalue weighted by atomic mass is 10.2. The largest absolute Gasteiger partial charge is 0.435 e. The Kier molecular flexibility index (Phi) is 4.15. The fourth-order valence-corrected chi connectivity index (χ4v) is 3.10. The number of H-pyrrole nitrogens is 1. The summed E-state index contributed by atoms with van der Waals surface area (Å²) in [6.45, 7) is -2.88. The first-order valence-electron chi connectivity index (χ1n) is 6.49. The Morgan fingerprint density at radius 1 is 1.18 bits per heavy atom. The average molecular weight is 322 g/mol. The van der Waals surface area contributed by atoms with Gasteiger partial charge in [0, 0.05) is 6.07 Å². The van der Waals surface area contributed by atoms with Crippen molar-refractivity contribution in [2.24, 2.45) is 0 Å². The zero-order valence-corrected chi connectivity index (χ0v) is 12.1. The molecule has 1 aromatic heterocycles. The van der Waals surface area contributed by atoms with Crippen LogP contribution in [0.1, 0.15) is 5.56 Å². The average Bonchev–Trinajstić information content (AvgIpc) is 2.91. The first-order valence-corrected chi connectivity index (χ1v) is 7.80. The Morgan fingerprint density at radius 2 is 1.95 bits per heavy atom. The van der Waals surface area contributed by atoms with Crippen LogP contribution in [0.15, 0.2) is 53.7 Å². The Hall–Kier alpha value is -2.28. The summed E-state index contributed by atoms with van der Waals surface area (Å²) in [6, 6.07) is 13.8. The van der Waals surface area contributed by atoms with Crippen molar-refractivity contribution in [2.75, 3.05) is 0 Å². The predicted molar refractivity (Wildman–Crippen MR) is 79.3 cm³/mol. The van der Waals surface area contributed by atoms with E-state index in [1.54, 1.807) is 6.07 Å². The Balaban J connectivity index is 1.83. The van der Waals surface area contributed by atoms with Crippen molar-refractivity contribution in [3.8, 4) is 5.75 Å². The Bertz CT molecular complexity index is 806. The molecule has 7 heteroatoms. The van der Waals surface area contributed by atoms with E-state index in [1.165, 1.54) is 12.1 Å². The van der Waals surface area contributed by atoms with Gasteiger partial charge in [-0.15, -0.1) is 0 Å². The van der Waals surface area contributed by atoms with Crippen LogP contribution < -0.4 is 4.74 Å². The highest BCUT2D eigenvalue weighted by molar-refractivity contribution is 7.84. The predicted octanol–water partition coefficient (Wildman–Crippen LogP) is 3.47. The van der Waals surface area contributed by atoms with Crippen LogP contribution >= 0.6 is 0 Å². The number of nitrogens with zero attached hydrogens (tertiary/aromatic N) is 1. The highest BCUT2D eigenvalue weighted by Crippen LogP contribution is 2.22. The van der Waals surface area contributed by atoms with Crippen molar-refractivity contribution in [1.29, 1.82) is 0 Å². The van der Waals surface area contributed by atoms with Crippen LogP contribution in [-0.4, -0.2) is 20.8 Å². The van der Waals surface area contributed by atoms with Crippen LogP contribution in [0.4, 0.5) is 8.78 Å². The second-order valence-electron chi connectivity index (χ2n) is 4.57. The summed E-state index contributed by atoms with van der Waals surface area (Å²) in [5, 5.41) is 0.313. The fraction of sp³-hybridized carbons (Fsp3) is 0.133. The van der Waals surface area contributed by atoms with Crippen molar-refractivity contribution in [3.63, 3.8) is 0 Å². The fourth-order valence-electron chi connectivity index (χ4n) is 2.04. The van der Waals surface area contributed by atoms with Crippen molar-refractivity contribution in [2.45, 2.75) is 17.5 Å². The van der Waals surface area contributed by atoms with Gasteiger partial charge in [0.1, 0.15) is 5.75 Å². The third kappa shape index (κ3) is 3.30. The van der Waals surface area contributed by atoms with E-state index in [2.05, 4.69) is 14.7 Å². The maximum atomic E-state index is 12.3. The highest BCUT2D eigenvalue weighted by Gasteiger charge is 2.12. The van der Waals surface area contributed by atoms with E-state index in [4.69, 9.17) is 0 Å². The number of hydrogen-bond acceptors (Lipinski definition) is 3. The van der Waals surface area contributed by atoms with Gasteiger partial charge in [-0.1, -0.05) is 30.3 Å². The monoisotopic (exact) mass is 322 g/mol. The number of aromatic nitrogens is 2. The lowest BCUT2D eigenvalue weighted by molar-refractivity contribution is -0.0497. The molecule has 1 heterocycles. The minimum atomic E-state index is -2.88. The minimum absolute atomic E-state index is 0.0338. The molecule has 114 valence electrons. The normalized spacial score (nSPS) is 12.7. The van der Waals surface area contributed by atoms with E-state index in [0.717, 1.165) is 5.56 Å². The standard InChI is InChI=1S/C15H12F2N2O2S/c16-14(17)21-11-6-7-12-13(8-11)19-15(18-12)22(20)9-10-4-2-1-3-5-10/h1-8,14H,9H2,(H,18,19). The molecule has 0 aliphatic rings. The van der Waals surface area contributed by atoms with Crippen molar-refractivity contribution in [1.82, 2.24) is 9.97 Å². The summed E-state index contributed by atoms with van der Waals surface area (Å²) >= 11 is 0. The highest BCUT2D eigenvalue weighted by atomic mass is 32.2. The molecule has 1 N–H and O–H groups in total. The zero-order valence-electron chi connectivity index (χ0n) is 11.3. The number of aromatic amines is 1. The van der Waals surface area contributed by atoms with Gasteiger partial charge in [0.15, 0.2) is 5.16 Å². The van der Waals surface area contributed by atoms with Crippen LogP contribution in [0.2, 0.25) is 0 Å². The van der Waals surface area contributed by atoms with Crippen LogP contribution in [0.25, 0.3) is 11.0 Å². The molecule has 1 unspecified atom stereocenters. The number of ether oxygens (including phenoxy) is 1. The molecule has 0 saturated heterocycles. The quantitative estimate of drug-likeness (QED) is 0.782. The molecule has 1 atom stereocenters. The van der Waals surface area contributed by atoms with Crippen LogP contribution in [0, 0.1) is 0 Å². The van der Waals surface area contributed by atoms with E-state index in [-0.39, 0.29) is 5.75 Å². The number of imidazole rings is 1. The van der Waals surface area contributed by atoms with Crippen molar-refractivity contribution in [3.05, 3.63) is 54.1 Å². The van der Waals surface area contributed by atoms with Gasteiger partial charge in [0.05, 0.1) is 27.6 Å². The molecular formula is C15H12F2N2O2S. The van der Waals surface area contributed by atoms with E-state index in [1.807, 2.05) is 30.3 Å². The minimum Gasteiger partial charge on any atom is -0.435 e. The van der Waals surface area contributed by atoms with Crippen LogP contribution in [-0.2, 0) is 16.6 Å². The topological polar surface area (TPSA) is 55.0 Å². The smallest absolute Gasteiger partial charge is 0.387 e. The van der Waals surface area contributed by atoms with Crippen LogP contribution in [0.3, 0.4) is 0 Å². The van der Waals surface area contributed by atoms with Crippen molar-refractivity contribution >= 4 is 21.8 Å². The molecule has 0 saturated carbocycles. The molecule has 3 rings (SSSR count). The molecule has 0 radical (unpaired) electrons. The number of rotatable bonds is 5. The second kappa shape index (κ2) is 6.23. The van der Waals surface area contributed by atoms with Gasteiger partial charge in [0.2, 0.25) is 0 Å². The lowest BCUT2D eigenvalue weighted by Crippen LogP contribution is -2.01. The molecule has 2 aromatic carbocycles. The number of benzene rings is 2. The molecule has 22 heavy (non-hydrogen) atoms. The van der Waals surface area contributed by atoms with E-state index in [9.17, 15) is 13.0 Å². The third-order valence-electron chi connectivity index (χ3n) is 3.01. The molecule has 0 aliphatic carbocycles. The second-order valence-corrected chi connectivity index (χ2v) is 5.94. The SMILES string of the molecule is O=S(Cc1ccccc1)c1nc2ccc(OC(F)F)cc2[nH]1. The van der Waals surface area contributed by atoms with Gasteiger partial charge in [-0.2, -0.15) is 8.78 Å². The number of fused-ring (bicyclic) bond motifs is 1. The van der Waals surface area contributed by atoms with Crippen molar-refractivity contribution < 1.29 is 17.7 Å². The summed E-state index contributed by atoms with van der Waals surface area (Å²) in [5.41, 5.74) is 2.00. The first kappa shape index (κ1) is 14.6. The molecule has 0 fully saturated rings. The zero-order chi connectivity index (χ0) is 15.5. The van der Waals surface area contributed by atoms with Gasteiger partial charge in [0.25, 0.3) is 0 Å². The number of alkyl halides is 2.